The van der Waals surface area contributed by atoms with Crippen LogP contribution in [0.25, 0.3) is 0 Å². The van der Waals surface area contributed by atoms with Crippen molar-refractivity contribution in [1.82, 2.24) is 0 Å². The van der Waals surface area contributed by atoms with Gasteiger partial charge in [-0.3, -0.25) is 4.79 Å². The normalized spacial score (nSPS) is 3.00. The summed E-state index contributed by atoms with van der Waals surface area (Å²) in [5, 5.41) is 0. The number of hydrogen-bond acceptors (Lipinski definition) is 1. The van der Waals surface area contributed by atoms with Gasteiger partial charge in [0.25, 0.3) is 6.79 Å². The molecule has 0 amide bonds. The van der Waals surface area contributed by atoms with Crippen molar-refractivity contribution in [1.29, 1.82) is 0 Å². The van der Waals surface area contributed by atoms with Crippen LogP contribution in [0.2, 0.25) is 0 Å². The number of halogens is 1. The molecule has 0 heterocycles. The summed E-state index contributed by atoms with van der Waals surface area (Å²) >= 11 is 2.95. The summed E-state index contributed by atoms with van der Waals surface area (Å²) in [6.07, 6.45) is 0. The van der Waals surface area contributed by atoms with Gasteiger partial charge in [-0.25, -0.2) is 0 Å². The van der Waals surface area contributed by atoms with E-state index in [9.17, 15) is 0 Å². The second kappa shape index (κ2) is 34.6. The van der Waals surface area contributed by atoms with Crippen LogP contribution in [0.15, 0.2) is 17.3 Å². The molecule has 7 heavy (non-hydrogen) atoms. The van der Waals surface area contributed by atoms with Gasteiger partial charge in [0.2, 0.25) is 0 Å². The zero-order valence-corrected chi connectivity index (χ0v) is 6.34. The first-order valence-electron chi connectivity index (χ1n) is 1.06. The molecule has 0 saturated carbocycles. The summed E-state index contributed by atoms with van der Waals surface area (Å²) in [5.74, 6) is 0. The van der Waals surface area contributed by atoms with Crippen LogP contribution in [0, 0.1) is 0 Å². The van der Waals surface area contributed by atoms with Crippen molar-refractivity contribution in [3.63, 3.8) is 0 Å². The maximum atomic E-state index is 7.50. The molecule has 0 aromatic rings. The second-order valence-electron chi connectivity index (χ2n) is 0.313. The summed E-state index contributed by atoms with van der Waals surface area (Å²) in [4.78, 5) is 9.08. The van der Waals surface area contributed by atoms with E-state index in [1.807, 2.05) is 0 Å². The van der Waals surface area contributed by atoms with E-state index in [0.29, 0.717) is 0 Å². The van der Waals surface area contributed by atoms with E-state index in [0.717, 1.165) is 0 Å². The third-order valence-electron chi connectivity index (χ3n) is 0.0772. The van der Waals surface area contributed by atoms with E-state index >= 15 is 0 Å². The molecule has 0 aliphatic carbocycles. The van der Waals surface area contributed by atoms with E-state index in [-0.39, 0.29) is 17.4 Å². The SMILES string of the molecule is C=C=CBr.[C]=O.[Cr]. The largest absolute Gasteiger partial charge is 0.281 e. The van der Waals surface area contributed by atoms with E-state index < -0.39 is 0 Å². The van der Waals surface area contributed by atoms with E-state index in [2.05, 4.69) is 35.0 Å². The van der Waals surface area contributed by atoms with Crippen molar-refractivity contribution in [3.05, 3.63) is 17.3 Å². The van der Waals surface area contributed by atoms with Crippen LogP contribution in [0.3, 0.4) is 0 Å². The van der Waals surface area contributed by atoms with Crippen LogP contribution in [-0.4, -0.2) is 6.79 Å². The average molecular weight is 199 g/mol. The van der Waals surface area contributed by atoms with Gasteiger partial charge in [-0.1, -0.05) is 22.5 Å². The molecule has 0 bridgehead atoms. The molecule has 1 nitrogen and oxygen atoms in total. The van der Waals surface area contributed by atoms with Crippen molar-refractivity contribution in [2.45, 2.75) is 0 Å². The zero-order chi connectivity index (χ0) is 5.41. The third kappa shape index (κ3) is 75.8. The molecule has 0 aromatic heterocycles. The van der Waals surface area contributed by atoms with Gasteiger partial charge < -0.3 is 0 Å². The van der Waals surface area contributed by atoms with Crippen LogP contribution >= 0.6 is 15.9 Å². The van der Waals surface area contributed by atoms with Gasteiger partial charge >= 0.3 is 0 Å². The predicted molar refractivity (Wildman–Crippen MR) is 28.3 cm³/mol. The minimum Gasteiger partial charge on any atom is -0.281 e. The van der Waals surface area contributed by atoms with Crippen LogP contribution < -0.4 is 0 Å². The van der Waals surface area contributed by atoms with Gasteiger partial charge in [-0.15, -0.1) is 5.73 Å². The number of rotatable bonds is 0. The molecule has 0 rings (SSSR count). The molecular weight excluding hydrogens is 196 g/mol. The second-order valence-corrected chi connectivity index (χ2v) is 0.771. The first-order valence-corrected chi connectivity index (χ1v) is 1.98. The monoisotopic (exact) mass is 198 g/mol. The molecule has 38 valence electrons. The van der Waals surface area contributed by atoms with Crippen LogP contribution in [0.4, 0.5) is 0 Å². The molecule has 0 unspecified atom stereocenters. The number of carbonyl (C=O) groups excluding carboxylic acids is 1. The van der Waals surface area contributed by atoms with Crippen LogP contribution in [0.1, 0.15) is 0 Å². The Bertz CT molecular complexity index is 58.7. The van der Waals surface area contributed by atoms with Crippen molar-refractivity contribution < 1.29 is 22.2 Å². The molecule has 2 radical (unpaired) electrons. The van der Waals surface area contributed by atoms with E-state index in [1.165, 1.54) is 0 Å². The van der Waals surface area contributed by atoms with E-state index in [1.54, 1.807) is 4.99 Å². The molecule has 3 heteroatoms. The Morgan fingerprint density at radius 1 is 1.71 bits per heavy atom. The zero-order valence-electron chi connectivity index (χ0n) is 3.48. The van der Waals surface area contributed by atoms with Gasteiger partial charge in [0.05, 0.1) is 0 Å². The minimum atomic E-state index is 0. The fourth-order valence-corrected chi connectivity index (χ4v) is 0. The van der Waals surface area contributed by atoms with Gasteiger partial charge in [-0.2, -0.15) is 0 Å². The van der Waals surface area contributed by atoms with Crippen LogP contribution in [0.5, 0.6) is 0 Å². The van der Waals surface area contributed by atoms with Crippen molar-refractivity contribution in [2.75, 3.05) is 0 Å². The van der Waals surface area contributed by atoms with Crippen molar-refractivity contribution in [2.24, 2.45) is 0 Å². The quantitative estimate of drug-likeness (QED) is 0.537. The maximum absolute atomic E-state index is 7.50. The summed E-state index contributed by atoms with van der Waals surface area (Å²) in [6, 6.07) is 0. The molecule has 0 aromatic carbocycles. The third-order valence-corrected chi connectivity index (χ3v) is 0.401. The van der Waals surface area contributed by atoms with E-state index in [4.69, 9.17) is 4.79 Å². The molecule has 0 spiro atoms. The summed E-state index contributed by atoms with van der Waals surface area (Å²) in [5.41, 5.74) is 2.47. The van der Waals surface area contributed by atoms with Gasteiger partial charge in [0.1, 0.15) is 0 Å². The topological polar surface area (TPSA) is 17.1 Å². The van der Waals surface area contributed by atoms with Gasteiger partial charge in [0.15, 0.2) is 0 Å². The van der Waals surface area contributed by atoms with Crippen LogP contribution in [-0.2, 0) is 22.2 Å². The first-order chi connectivity index (χ1) is 2.91. The van der Waals surface area contributed by atoms with Gasteiger partial charge in [0, 0.05) is 22.3 Å². The molecule has 0 fully saturated rings. The molecule has 0 atom stereocenters. The Morgan fingerprint density at radius 3 is 1.86 bits per heavy atom. The smallest absolute Gasteiger partial charge is 0.281 e. The summed E-state index contributed by atoms with van der Waals surface area (Å²) in [7, 11) is 0. The number of hydrogen-bond donors (Lipinski definition) is 0. The van der Waals surface area contributed by atoms with Crippen molar-refractivity contribution >= 4 is 22.7 Å². The Labute approximate surface area is 62.4 Å². The standard InChI is InChI=1S/C3H3Br.CO.Cr/c1-2-3-4;1-2;/h3H,1H2;;. The molecule has 0 aliphatic rings. The summed E-state index contributed by atoms with van der Waals surface area (Å²) < 4.78 is 0. The molecule has 0 aliphatic heterocycles. The Kier molecular flexibility index (Phi) is 77.6. The van der Waals surface area contributed by atoms with Crippen molar-refractivity contribution in [3.8, 4) is 0 Å². The maximum Gasteiger partial charge on any atom is 0.281 e. The Morgan fingerprint density at radius 2 is 1.86 bits per heavy atom. The molecule has 0 N–H and O–H groups in total. The predicted octanol–water partition coefficient (Wildman–Crippen LogP) is 1.28. The Balaban J connectivity index is -0.0000000480. The molecule has 0 saturated heterocycles. The Hall–Kier alpha value is 0.202. The van der Waals surface area contributed by atoms with Gasteiger partial charge in [-0.05, 0) is 0 Å². The fraction of sp³-hybridized carbons (Fsp3) is 0. The summed E-state index contributed by atoms with van der Waals surface area (Å²) in [6.45, 7) is 7.75. The minimum absolute atomic E-state index is 0. The molecular formula is C4H3BrCrO. The average Bonchev–Trinajstić information content (AvgIpc) is 1.72. The fourth-order valence-electron chi connectivity index (χ4n) is 0. The first kappa shape index (κ1) is 15.7.